The lowest BCUT2D eigenvalue weighted by molar-refractivity contribution is -0.379. The maximum absolute atomic E-state index is 9.99. The summed E-state index contributed by atoms with van der Waals surface area (Å²) in [5.74, 6) is 6.60. The van der Waals surface area contributed by atoms with Crippen molar-refractivity contribution >= 4 is 11.7 Å². The number of hydrogen-bond donors (Lipinski definition) is 2. The fourth-order valence-electron chi connectivity index (χ4n) is 0.373. The van der Waals surface area contributed by atoms with Crippen molar-refractivity contribution in [3.63, 3.8) is 0 Å². The number of hydrogen-bond acceptors (Lipinski definition) is 8. The van der Waals surface area contributed by atoms with E-state index >= 15 is 0 Å². The van der Waals surface area contributed by atoms with Gasteiger partial charge in [-0.05, 0) is 9.85 Å². The summed E-state index contributed by atoms with van der Waals surface area (Å²) in [5.41, 5.74) is 0. The van der Waals surface area contributed by atoms with Crippen LogP contribution in [0.5, 0.6) is 0 Å². The first kappa shape index (κ1) is 9.74. The van der Waals surface area contributed by atoms with Crippen LogP contribution in [0, 0.1) is 20.2 Å². The molecule has 0 rings (SSSR count). The molecule has 0 aliphatic heterocycles. The third kappa shape index (κ3) is 1.86. The summed E-state index contributed by atoms with van der Waals surface area (Å²) in [4.78, 5) is 17.7. The largest absolute Gasteiger partial charge is 0.487 e. The maximum Gasteiger partial charge on any atom is 0.487 e. The van der Waals surface area contributed by atoms with E-state index in [9.17, 15) is 20.2 Å². The van der Waals surface area contributed by atoms with Crippen LogP contribution in [-0.2, 0) is 0 Å². The van der Waals surface area contributed by atoms with E-state index in [1.807, 2.05) is 0 Å². The Morgan fingerprint density at radius 1 is 1.00 bits per heavy atom. The van der Waals surface area contributed by atoms with Gasteiger partial charge < -0.3 is 20.2 Å². The van der Waals surface area contributed by atoms with Crippen LogP contribution < -0.4 is 11.7 Å². The fraction of sp³-hybridized carbons (Fsp3) is 0. The number of nitrogens with two attached hydrogens (primary N) is 2. The van der Waals surface area contributed by atoms with Crippen molar-refractivity contribution < 1.29 is 9.85 Å². The predicted molar refractivity (Wildman–Crippen MR) is 37.2 cm³/mol. The van der Waals surface area contributed by atoms with Gasteiger partial charge in [0.05, 0.1) is 10.2 Å². The summed E-state index contributed by atoms with van der Waals surface area (Å²) in [7, 11) is 0. The summed E-state index contributed by atoms with van der Waals surface area (Å²) in [5, 5.41) is 25.1. The Kier molecular flexibility index (Phi) is 3.08. The number of rotatable bonds is 0. The lowest BCUT2D eigenvalue weighted by atomic mass is 10.5. The second kappa shape index (κ2) is 3.80. The Balaban J connectivity index is 4.99. The van der Waals surface area contributed by atoms with Crippen LogP contribution >= 0.6 is 0 Å². The summed E-state index contributed by atoms with van der Waals surface area (Å²) in [6.45, 7) is 0. The van der Waals surface area contributed by atoms with Crippen LogP contribution in [0.4, 0.5) is 0 Å². The second-order valence-corrected chi connectivity index (χ2v) is 1.42. The van der Waals surface area contributed by atoms with Crippen molar-refractivity contribution in [2.24, 2.45) is 21.9 Å². The zero-order chi connectivity index (χ0) is 9.72. The molecule has 0 fully saturated rings. The van der Waals surface area contributed by atoms with Gasteiger partial charge in [0.2, 0.25) is 0 Å². The van der Waals surface area contributed by atoms with E-state index in [4.69, 9.17) is 0 Å². The van der Waals surface area contributed by atoms with Crippen LogP contribution in [0.3, 0.4) is 0 Å². The topological polar surface area (TPSA) is 163 Å². The summed E-state index contributed by atoms with van der Waals surface area (Å²) < 4.78 is 0. The highest BCUT2D eigenvalue weighted by Crippen LogP contribution is 1.85. The average molecular weight is 176 g/mol. The number of nitrogens with zero attached hydrogens (tertiary/aromatic N) is 4. The van der Waals surface area contributed by atoms with Crippen molar-refractivity contribution in [1.29, 1.82) is 0 Å². The third-order valence-corrected chi connectivity index (χ3v) is 0.790. The van der Waals surface area contributed by atoms with Crippen LogP contribution in [0.1, 0.15) is 0 Å². The molecule has 0 heterocycles. The highest BCUT2D eigenvalue weighted by atomic mass is 16.6. The first-order valence-corrected chi connectivity index (χ1v) is 2.39. The highest BCUT2D eigenvalue weighted by molar-refractivity contribution is 6.33. The zero-order valence-corrected chi connectivity index (χ0v) is 5.58. The molecule has 10 heteroatoms. The van der Waals surface area contributed by atoms with E-state index in [1.165, 1.54) is 0 Å². The molecule has 0 aromatic heterocycles. The molecule has 0 spiro atoms. The maximum atomic E-state index is 9.99. The summed E-state index contributed by atoms with van der Waals surface area (Å²) in [6, 6.07) is 0. The van der Waals surface area contributed by atoms with Crippen molar-refractivity contribution in [3.05, 3.63) is 20.2 Å². The lowest BCUT2D eigenvalue weighted by Gasteiger charge is -1.92. The monoisotopic (exact) mass is 176 g/mol. The van der Waals surface area contributed by atoms with Crippen molar-refractivity contribution in [2.75, 3.05) is 0 Å². The minimum absolute atomic E-state index is 1.16. The second-order valence-electron chi connectivity index (χ2n) is 1.42. The van der Waals surface area contributed by atoms with Gasteiger partial charge in [-0.1, -0.05) is 0 Å². The normalized spacial score (nSPS) is 12.7. The van der Waals surface area contributed by atoms with Crippen LogP contribution in [0.15, 0.2) is 10.2 Å². The Labute approximate surface area is 64.8 Å². The van der Waals surface area contributed by atoms with Crippen molar-refractivity contribution in [3.8, 4) is 0 Å². The molecular weight excluding hydrogens is 172 g/mol. The molecule has 0 saturated carbocycles. The van der Waals surface area contributed by atoms with Gasteiger partial charge in [0, 0.05) is 0 Å². The Bertz CT molecular complexity index is 239. The standard InChI is InChI=1S/C2H4N6O4/c3-5-1(7(9)10)2(6-4)8(11)12/h3-4H2/b5-1-,6-2-. The molecule has 0 saturated heterocycles. The Hall–Kier alpha value is -2.26. The van der Waals surface area contributed by atoms with Gasteiger partial charge in [0.25, 0.3) is 0 Å². The Morgan fingerprint density at radius 3 is 1.33 bits per heavy atom. The van der Waals surface area contributed by atoms with Gasteiger partial charge in [-0.3, -0.25) is 0 Å². The molecule has 12 heavy (non-hydrogen) atoms. The van der Waals surface area contributed by atoms with E-state index in [2.05, 4.69) is 21.9 Å². The van der Waals surface area contributed by atoms with Gasteiger partial charge in [-0.25, -0.2) is 11.7 Å². The molecule has 0 aliphatic carbocycles. The first-order valence-electron chi connectivity index (χ1n) is 2.39. The van der Waals surface area contributed by atoms with Gasteiger partial charge in [-0.2, -0.15) is 0 Å². The SMILES string of the molecule is N/N=C(/C(=N/N)[N+](=O)[O-])[N+](=O)[O-]. The van der Waals surface area contributed by atoms with E-state index in [-0.39, 0.29) is 0 Å². The van der Waals surface area contributed by atoms with Crippen LogP contribution in [0.25, 0.3) is 0 Å². The van der Waals surface area contributed by atoms with E-state index in [0.29, 0.717) is 0 Å². The third-order valence-electron chi connectivity index (χ3n) is 0.790. The highest BCUT2D eigenvalue weighted by Gasteiger charge is 2.32. The quantitative estimate of drug-likeness (QED) is 0.143. The molecule has 0 aliphatic rings. The first-order chi connectivity index (χ1) is 5.54. The molecule has 0 aromatic rings. The molecule has 10 nitrogen and oxygen atoms in total. The lowest BCUT2D eigenvalue weighted by Crippen LogP contribution is -2.31. The van der Waals surface area contributed by atoms with Gasteiger partial charge in [-0.15, -0.1) is 0 Å². The predicted octanol–water partition coefficient (Wildman–Crippen LogP) is -1.92. The summed E-state index contributed by atoms with van der Waals surface area (Å²) in [6.07, 6.45) is 0. The average Bonchev–Trinajstić information content (AvgIpc) is 1.98. The van der Waals surface area contributed by atoms with E-state index in [1.54, 1.807) is 0 Å². The zero-order valence-electron chi connectivity index (χ0n) is 5.58. The summed E-state index contributed by atoms with van der Waals surface area (Å²) >= 11 is 0. The fourth-order valence-corrected chi connectivity index (χ4v) is 0.373. The molecule has 0 amide bonds. The van der Waals surface area contributed by atoms with E-state index < -0.39 is 21.5 Å². The molecule has 0 aromatic carbocycles. The van der Waals surface area contributed by atoms with Crippen molar-refractivity contribution in [1.82, 2.24) is 0 Å². The van der Waals surface area contributed by atoms with Crippen LogP contribution in [0.2, 0.25) is 0 Å². The number of amidine groups is 2. The molecule has 4 N–H and O–H groups in total. The number of hydrazone groups is 2. The molecule has 0 atom stereocenters. The van der Waals surface area contributed by atoms with Gasteiger partial charge in [0.15, 0.2) is 0 Å². The van der Waals surface area contributed by atoms with E-state index in [0.717, 1.165) is 0 Å². The molecule has 0 radical (unpaired) electrons. The van der Waals surface area contributed by atoms with Crippen molar-refractivity contribution in [2.45, 2.75) is 0 Å². The molecule has 0 bridgehead atoms. The van der Waals surface area contributed by atoms with Gasteiger partial charge in [0.1, 0.15) is 0 Å². The van der Waals surface area contributed by atoms with Gasteiger partial charge >= 0.3 is 11.7 Å². The Morgan fingerprint density at radius 2 is 1.25 bits per heavy atom. The minimum Gasteiger partial charge on any atom is -0.358 e. The number of nitro groups is 2. The molecular formula is C2H4N6O4. The minimum atomic E-state index is -1.19. The molecule has 0 unspecified atom stereocenters. The van der Waals surface area contributed by atoms with Crippen LogP contribution in [-0.4, -0.2) is 21.5 Å². The molecule has 66 valence electrons. The smallest absolute Gasteiger partial charge is 0.358 e.